The molecule has 0 radical (unpaired) electrons. The van der Waals surface area contributed by atoms with E-state index in [1.165, 1.54) is 11.1 Å². The van der Waals surface area contributed by atoms with Gasteiger partial charge in [0.2, 0.25) is 0 Å². The number of benzene rings is 2. The highest BCUT2D eigenvalue weighted by Gasteiger charge is 2.01. The normalized spacial score (nSPS) is 10.5. The molecule has 0 saturated heterocycles. The van der Waals surface area contributed by atoms with E-state index < -0.39 is 0 Å². The molecule has 0 aliphatic rings. The van der Waals surface area contributed by atoms with Gasteiger partial charge in [-0.2, -0.15) is 0 Å². The van der Waals surface area contributed by atoms with Crippen LogP contribution in [0.5, 0.6) is 0 Å². The first-order valence-electron chi connectivity index (χ1n) is 5.97. The highest BCUT2D eigenvalue weighted by Crippen LogP contribution is 2.23. The maximum absolute atomic E-state index is 4.35. The molecule has 0 spiro atoms. The molecule has 88 valence electrons. The fraction of sp³-hybridized carbons (Fsp3) is 0.0625. The number of nitrogens with zero attached hydrogens (tertiary/aromatic N) is 2. The van der Waals surface area contributed by atoms with Gasteiger partial charge in [0.15, 0.2) is 0 Å². The molecule has 0 atom stereocenters. The summed E-state index contributed by atoms with van der Waals surface area (Å²) in [6.45, 7) is 0. The van der Waals surface area contributed by atoms with Gasteiger partial charge in [-0.05, 0) is 11.1 Å². The van der Waals surface area contributed by atoms with Crippen molar-refractivity contribution in [2.45, 2.75) is 0 Å². The summed E-state index contributed by atoms with van der Waals surface area (Å²) in [5.41, 5.74) is 4.63. The van der Waals surface area contributed by atoms with Gasteiger partial charge in [0.25, 0.3) is 0 Å². The smallest absolute Gasteiger partial charge is 0.0951 e. The van der Waals surface area contributed by atoms with Crippen LogP contribution < -0.4 is 0 Å². The summed E-state index contributed by atoms with van der Waals surface area (Å²) in [5, 5.41) is 0. The lowest BCUT2D eigenvalue weighted by molar-refractivity contribution is 0.913. The number of aryl methyl sites for hydroxylation is 1. The predicted octanol–water partition coefficient (Wildman–Crippen LogP) is 3.75. The van der Waals surface area contributed by atoms with Crippen LogP contribution >= 0.6 is 0 Å². The summed E-state index contributed by atoms with van der Waals surface area (Å²) in [4.78, 5) is 4.35. The van der Waals surface area contributed by atoms with Gasteiger partial charge >= 0.3 is 0 Å². The summed E-state index contributed by atoms with van der Waals surface area (Å²) in [7, 11) is 1.98. The van der Waals surface area contributed by atoms with Gasteiger partial charge in [0, 0.05) is 18.8 Å². The van der Waals surface area contributed by atoms with Crippen molar-refractivity contribution in [3.63, 3.8) is 0 Å². The van der Waals surface area contributed by atoms with E-state index in [4.69, 9.17) is 0 Å². The highest BCUT2D eigenvalue weighted by molar-refractivity contribution is 5.68. The molecular weight excluding hydrogens is 220 g/mol. The zero-order valence-corrected chi connectivity index (χ0v) is 10.2. The van der Waals surface area contributed by atoms with Crippen molar-refractivity contribution in [2.24, 2.45) is 7.05 Å². The minimum atomic E-state index is 1.01. The van der Waals surface area contributed by atoms with Crippen molar-refractivity contribution in [3.8, 4) is 22.4 Å². The van der Waals surface area contributed by atoms with Gasteiger partial charge in [-0.1, -0.05) is 54.6 Å². The Balaban J connectivity index is 1.94. The van der Waals surface area contributed by atoms with Crippen molar-refractivity contribution < 1.29 is 0 Å². The predicted molar refractivity (Wildman–Crippen MR) is 74.1 cm³/mol. The van der Waals surface area contributed by atoms with Crippen molar-refractivity contribution >= 4 is 0 Å². The van der Waals surface area contributed by atoms with E-state index in [1.807, 2.05) is 30.2 Å². The molecule has 2 nitrogen and oxygen atoms in total. The van der Waals surface area contributed by atoms with Gasteiger partial charge < -0.3 is 4.57 Å². The summed E-state index contributed by atoms with van der Waals surface area (Å²) in [6.07, 6.45) is 3.85. The average molecular weight is 234 g/mol. The first kappa shape index (κ1) is 10.8. The second kappa shape index (κ2) is 4.49. The minimum Gasteiger partial charge on any atom is -0.340 e. The van der Waals surface area contributed by atoms with Crippen molar-refractivity contribution in [1.29, 1.82) is 0 Å². The van der Waals surface area contributed by atoms with Crippen molar-refractivity contribution in [2.75, 3.05) is 0 Å². The second-order valence-corrected chi connectivity index (χ2v) is 4.37. The molecule has 0 fully saturated rings. The van der Waals surface area contributed by atoms with Crippen LogP contribution in [0.4, 0.5) is 0 Å². The van der Waals surface area contributed by atoms with Crippen molar-refractivity contribution in [3.05, 3.63) is 67.1 Å². The van der Waals surface area contributed by atoms with Crippen LogP contribution in [0.3, 0.4) is 0 Å². The fourth-order valence-corrected chi connectivity index (χ4v) is 2.03. The van der Waals surface area contributed by atoms with Crippen LogP contribution in [0.25, 0.3) is 22.4 Å². The third-order valence-corrected chi connectivity index (χ3v) is 2.99. The van der Waals surface area contributed by atoms with Crippen LogP contribution in [0.1, 0.15) is 0 Å². The first-order valence-corrected chi connectivity index (χ1v) is 5.97. The van der Waals surface area contributed by atoms with Gasteiger partial charge in [-0.15, -0.1) is 0 Å². The third-order valence-electron chi connectivity index (χ3n) is 2.99. The van der Waals surface area contributed by atoms with Gasteiger partial charge in [0.1, 0.15) is 0 Å². The Morgan fingerprint density at radius 2 is 1.39 bits per heavy atom. The Hall–Kier alpha value is -2.35. The molecule has 3 aromatic rings. The largest absolute Gasteiger partial charge is 0.340 e. The lowest BCUT2D eigenvalue weighted by atomic mass is 10.0. The van der Waals surface area contributed by atoms with Crippen molar-refractivity contribution in [1.82, 2.24) is 9.55 Å². The lowest BCUT2D eigenvalue weighted by Crippen LogP contribution is -1.80. The minimum absolute atomic E-state index is 1.01. The topological polar surface area (TPSA) is 17.8 Å². The monoisotopic (exact) mass is 234 g/mol. The Morgan fingerprint density at radius 3 is 2.00 bits per heavy atom. The van der Waals surface area contributed by atoms with E-state index in [0.29, 0.717) is 0 Å². The van der Waals surface area contributed by atoms with Gasteiger partial charge in [-0.3, -0.25) is 0 Å². The van der Waals surface area contributed by atoms with E-state index in [-0.39, 0.29) is 0 Å². The summed E-state index contributed by atoms with van der Waals surface area (Å²) in [6, 6.07) is 18.9. The molecular formula is C16H14N2. The molecule has 18 heavy (non-hydrogen) atoms. The second-order valence-electron chi connectivity index (χ2n) is 4.37. The van der Waals surface area contributed by atoms with Crippen LogP contribution in [0.2, 0.25) is 0 Å². The summed E-state index contributed by atoms with van der Waals surface area (Å²) >= 11 is 0. The molecule has 1 heterocycles. The SMILES string of the molecule is Cn1cnc(-c2ccc(-c3ccccc3)cc2)c1. The van der Waals surface area contributed by atoms with Gasteiger partial charge in [0.05, 0.1) is 12.0 Å². The van der Waals surface area contributed by atoms with E-state index in [1.54, 1.807) is 0 Å². The summed E-state index contributed by atoms with van der Waals surface area (Å²) in [5.74, 6) is 0. The number of aromatic nitrogens is 2. The lowest BCUT2D eigenvalue weighted by Gasteiger charge is -2.02. The number of imidazole rings is 1. The Labute approximate surface area is 107 Å². The molecule has 2 aromatic carbocycles. The molecule has 0 bridgehead atoms. The molecule has 0 saturated carbocycles. The Kier molecular flexibility index (Phi) is 2.69. The molecule has 2 heteroatoms. The molecule has 0 aliphatic heterocycles. The highest BCUT2D eigenvalue weighted by atomic mass is 15.0. The molecule has 0 unspecified atom stereocenters. The van der Waals surface area contributed by atoms with E-state index in [2.05, 4.69) is 53.5 Å². The zero-order chi connectivity index (χ0) is 12.4. The summed E-state index contributed by atoms with van der Waals surface area (Å²) < 4.78 is 1.96. The quantitative estimate of drug-likeness (QED) is 0.660. The van der Waals surface area contributed by atoms with Crippen LogP contribution in [0.15, 0.2) is 67.1 Å². The standard InChI is InChI=1S/C16H14N2/c1-18-11-16(17-12-18)15-9-7-14(8-10-15)13-5-3-2-4-6-13/h2-12H,1H3. The fourth-order valence-electron chi connectivity index (χ4n) is 2.03. The Morgan fingerprint density at radius 1 is 0.778 bits per heavy atom. The van der Waals surface area contributed by atoms with E-state index in [9.17, 15) is 0 Å². The molecule has 0 aliphatic carbocycles. The maximum Gasteiger partial charge on any atom is 0.0951 e. The molecule has 0 amide bonds. The molecule has 0 N–H and O–H groups in total. The maximum atomic E-state index is 4.35. The zero-order valence-electron chi connectivity index (χ0n) is 10.2. The number of rotatable bonds is 2. The van der Waals surface area contributed by atoms with E-state index in [0.717, 1.165) is 11.3 Å². The van der Waals surface area contributed by atoms with Crippen LogP contribution in [0, 0.1) is 0 Å². The molecule has 3 rings (SSSR count). The molecule has 1 aromatic heterocycles. The number of hydrogen-bond donors (Lipinski definition) is 0. The van der Waals surface area contributed by atoms with E-state index >= 15 is 0 Å². The third kappa shape index (κ3) is 2.05. The van der Waals surface area contributed by atoms with Crippen LogP contribution in [-0.2, 0) is 7.05 Å². The average Bonchev–Trinajstić information content (AvgIpc) is 2.87. The Bertz CT molecular complexity index is 636. The first-order chi connectivity index (χ1) is 8.83. The number of hydrogen-bond acceptors (Lipinski definition) is 1. The van der Waals surface area contributed by atoms with Gasteiger partial charge in [-0.25, -0.2) is 4.98 Å². The van der Waals surface area contributed by atoms with Crippen LogP contribution in [-0.4, -0.2) is 9.55 Å².